The summed E-state index contributed by atoms with van der Waals surface area (Å²) in [6, 6.07) is 17.2. The molecule has 0 spiro atoms. The minimum absolute atomic E-state index is 0.205. The fourth-order valence-corrected chi connectivity index (χ4v) is 2.65. The highest BCUT2D eigenvalue weighted by atomic mass is 16.5. The molecule has 2 aromatic rings. The average molecular weight is 252 g/mol. The zero-order valence-electron chi connectivity index (χ0n) is 11.6. The monoisotopic (exact) mass is 252 g/mol. The van der Waals surface area contributed by atoms with Crippen LogP contribution in [0.25, 0.3) is 0 Å². The second kappa shape index (κ2) is 5.08. The molecule has 0 bridgehead atoms. The zero-order valence-corrected chi connectivity index (χ0v) is 11.6. The van der Waals surface area contributed by atoms with E-state index in [1.165, 1.54) is 16.7 Å². The SMILES string of the molecule is CC(C)c1ccc2c(c1)OC(c1ccccc1)CC2. The van der Waals surface area contributed by atoms with Crippen molar-refractivity contribution in [3.05, 3.63) is 65.2 Å². The van der Waals surface area contributed by atoms with Crippen LogP contribution in [-0.4, -0.2) is 0 Å². The fourth-order valence-electron chi connectivity index (χ4n) is 2.65. The molecule has 0 fully saturated rings. The van der Waals surface area contributed by atoms with E-state index in [-0.39, 0.29) is 6.10 Å². The summed E-state index contributed by atoms with van der Waals surface area (Å²) in [5.41, 5.74) is 3.98. The fraction of sp³-hybridized carbons (Fsp3) is 0.333. The van der Waals surface area contributed by atoms with Crippen molar-refractivity contribution in [2.24, 2.45) is 0 Å². The van der Waals surface area contributed by atoms with Crippen molar-refractivity contribution in [3.63, 3.8) is 0 Å². The summed E-state index contributed by atoms with van der Waals surface area (Å²) < 4.78 is 6.21. The van der Waals surface area contributed by atoms with Crippen molar-refractivity contribution in [1.29, 1.82) is 0 Å². The minimum atomic E-state index is 0.205. The molecule has 0 radical (unpaired) electrons. The quantitative estimate of drug-likeness (QED) is 0.740. The maximum Gasteiger partial charge on any atom is 0.124 e. The molecule has 19 heavy (non-hydrogen) atoms. The van der Waals surface area contributed by atoms with E-state index in [1.54, 1.807) is 0 Å². The summed E-state index contributed by atoms with van der Waals surface area (Å²) in [6.07, 6.45) is 2.38. The van der Waals surface area contributed by atoms with Crippen LogP contribution in [-0.2, 0) is 6.42 Å². The Balaban J connectivity index is 1.88. The molecule has 0 aliphatic carbocycles. The van der Waals surface area contributed by atoms with Gasteiger partial charge in [-0.2, -0.15) is 0 Å². The number of hydrogen-bond acceptors (Lipinski definition) is 1. The van der Waals surface area contributed by atoms with Gasteiger partial charge in [0.15, 0.2) is 0 Å². The summed E-state index contributed by atoms with van der Waals surface area (Å²) in [5, 5.41) is 0. The van der Waals surface area contributed by atoms with E-state index in [1.807, 2.05) is 0 Å². The highest BCUT2D eigenvalue weighted by molar-refractivity contribution is 5.41. The average Bonchev–Trinajstić information content (AvgIpc) is 2.47. The van der Waals surface area contributed by atoms with E-state index >= 15 is 0 Å². The zero-order chi connectivity index (χ0) is 13.2. The highest BCUT2D eigenvalue weighted by Crippen LogP contribution is 2.36. The van der Waals surface area contributed by atoms with Crippen LogP contribution in [0.4, 0.5) is 0 Å². The van der Waals surface area contributed by atoms with Crippen LogP contribution in [0, 0.1) is 0 Å². The van der Waals surface area contributed by atoms with Gasteiger partial charge in [-0.05, 0) is 41.5 Å². The summed E-state index contributed by atoms with van der Waals surface area (Å²) in [4.78, 5) is 0. The van der Waals surface area contributed by atoms with Gasteiger partial charge in [0.1, 0.15) is 11.9 Å². The predicted octanol–water partition coefficient (Wildman–Crippen LogP) is 4.88. The van der Waals surface area contributed by atoms with Crippen LogP contribution < -0.4 is 4.74 Å². The molecule has 1 heterocycles. The molecular weight excluding hydrogens is 232 g/mol. The van der Waals surface area contributed by atoms with Crippen LogP contribution in [0.15, 0.2) is 48.5 Å². The van der Waals surface area contributed by atoms with Crippen molar-refractivity contribution in [2.45, 2.75) is 38.7 Å². The maximum absolute atomic E-state index is 6.21. The molecule has 98 valence electrons. The number of rotatable bonds is 2. The van der Waals surface area contributed by atoms with Gasteiger partial charge in [-0.1, -0.05) is 56.3 Å². The molecule has 0 amide bonds. The summed E-state index contributed by atoms with van der Waals surface area (Å²) in [6.45, 7) is 4.44. The summed E-state index contributed by atoms with van der Waals surface area (Å²) >= 11 is 0. The van der Waals surface area contributed by atoms with Gasteiger partial charge < -0.3 is 4.74 Å². The van der Waals surface area contributed by atoms with Crippen molar-refractivity contribution >= 4 is 0 Å². The Morgan fingerprint density at radius 2 is 1.84 bits per heavy atom. The third-order valence-electron chi connectivity index (χ3n) is 3.87. The molecule has 1 nitrogen and oxygen atoms in total. The van der Waals surface area contributed by atoms with Gasteiger partial charge in [0.25, 0.3) is 0 Å². The lowest BCUT2D eigenvalue weighted by atomic mass is 9.94. The van der Waals surface area contributed by atoms with Gasteiger partial charge in [0.2, 0.25) is 0 Å². The minimum Gasteiger partial charge on any atom is -0.485 e. The van der Waals surface area contributed by atoms with Crippen LogP contribution in [0.1, 0.15) is 49.0 Å². The second-order valence-electron chi connectivity index (χ2n) is 5.58. The Bertz CT molecular complexity index is 557. The van der Waals surface area contributed by atoms with Crippen LogP contribution in [0.3, 0.4) is 0 Å². The molecule has 1 aliphatic rings. The normalized spacial score (nSPS) is 17.9. The Morgan fingerprint density at radius 3 is 2.58 bits per heavy atom. The third-order valence-corrected chi connectivity index (χ3v) is 3.87. The number of benzene rings is 2. The standard InChI is InChI=1S/C18H20O/c1-13(2)16-9-8-15-10-11-17(19-18(15)12-16)14-6-4-3-5-7-14/h3-9,12-13,17H,10-11H2,1-2H3. The van der Waals surface area contributed by atoms with Crippen LogP contribution in [0.5, 0.6) is 5.75 Å². The van der Waals surface area contributed by atoms with Gasteiger partial charge in [0.05, 0.1) is 0 Å². The lowest BCUT2D eigenvalue weighted by molar-refractivity contribution is 0.176. The van der Waals surface area contributed by atoms with Crippen molar-refractivity contribution < 1.29 is 4.74 Å². The first-order valence-corrected chi connectivity index (χ1v) is 7.08. The van der Waals surface area contributed by atoms with E-state index in [2.05, 4.69) is 62.4 Å². The first-order valence-electron chi connectivity index (χ1n) is 7.08. The van der Waals surface area contributed by atoms with Crippen molar-refractivity contribution in [3.8, 4) is 5.75 Å². The van der Waals surface area contributed by atoms with Gasteiger partial charge >= 0.3 is 0 Å². The summed E-state index contributed by atoms with van der Waals surface area (Å²) in [5.74, 6) is 1.62. The third kappa shape index (κ3) is 2.51. The Labute approximate surface area is 115 Å². The Hall–Kier alpha value is -1.76. The first-order chi connectivity index (χ1) is 9.24. The molecule has 0 N–H and O–H groups in total. The molecule has 0 aromatic heterocycles. The second-order valence-corrected chi connectivity index (χ2v) is 5.58. The number of hydrogen-bond donors (Lipinski definition) is 0. The molecule has 2 aromatic carbocycles. The molecule has 0 saturated heterocycles. The van der Waals surface area contributed by atoms with E-state index < -0.39 is 0 Å². The Morgan fingerprint density at radius 1 is 1.05 bits per heavy atom. The van der Waals surface area contributed by atoms with Crippen LogP contribution >= 0.6 is 0 Å². The predicted molar refractivity (Wildman–Crippen MR) is 78.7 cm³/mol. The number of fused-ring (bicyclic) bond motifs is 1. The molecule has 1 atom stereocenters. The molecule has 3 rings (SSSR count). The maximum atomic E-state index is 6.21. The number of ether oxygens (including phenoxy) is 1. The molecule has 1 unspecified atom stereocenters. The van der Waals surface area contributed by atoms with E-state index in [0.29, 0.717) is 5.92 Å². The highest BCUT2D eigenvalue weighted by Gasteiger charge is 2.21. The van der Waals surface area contributed by atoms with Crippen molar-refractivity contribution in [1.82, 2.24) is 0 Å². The Kier molecular flexibility index (Phi) is 3.29. The topological polar surface area (TPSA) is 9.23 Å². The smallest absolute Gasteiger partial charge is 0.124 e. The summed E-state index contributed by atoms with van der Waals surface area (Å²) in [7, 11) is 0. The molecule has 1 aliphatic heterocycles. The van der Waals surface area contributed by atoms with Gasteiger partial charge in [-0.15, -0.1) is 0 Å². The van der Waals surface area contributed by atoms with E-state index in [9.17, 15) is 0 Å². The molecule has 1 heteroatoms. The van der Waals surface area contributed by atoms with Gasteiger partial charge in [-0.25, -0.2) is 0 Å². The molecular formula is C18H20O. The van der Waals surface area contributed by atoms with Crippen LogP contribution in [0.2, 0.25) is 0 Å². The van der Waals surface area contributed by atoms with Gasteiger partial charge in [-0.3, -0.25) is 0 Å². The first kappa shape index (κ1) is 12.3. The molecule has 0 saturated carbocycles. The van der Waals surface area contributed by atoms with E-state index in [4.69, 9.17) is 4.74 Å². The largest absolute Gasteiger partial charge is 0.485 e. The lowest BCUT2D eigenvalue weighted by Gasteiger charge is -2.27. The van der Waals surface area contributed by atoms with Crippen molar-refractivity contribution in [2.75, 3.05) is 0 Å². The lowest BCUT2D eigenvalue weighted by Crippen LogP contribution is -2.15. The van der Waals surface area contributed by atoms with Gasteiger partial charge in [0, 0.05) is 0 Å². The van der Waals surface area contributed by atoms with E-state index in [0.717, 1.165) is 18.6 Å². The number of aryl methyl sites for hydroxylation is 1.